The highest BCUT2D eigenvalue weighted by Crippen LogP contribution is 2.44. The molecule has 124 valence electrons. The Bertz CT molecular complexity index is 775. The number of nitrogens with one attached hydrogen (secondary N) is 2. The molecule has 24 heavy (non-hydrogen) atoms. The minimum atomic E-state index is -0.392. The molecule has 2 aromatic rings. The quantitative estimate of drug-likeness (QED) is 0.910. The van der Waals surface area contributed by atoms with Crippen molar-refractivity contribution in [2.45, 2.75) is 19.4 Å². The van der Waals surface area contributed by atoms with Crippen LogP contribution in [0.3, 0.4) is 0 Å². The number of carbonyl (C=O) groups is 1. The van der Waals surface area contributed by atoms with Crippen LogP contribution < -0.4 is 20.1 Å². The Hall–Kier alpha value is -2.76. The van der Waals surface area contributed by atoms with Gasteiger partial charge in [-0.15, -0.1) is 0 Å². The summed E-state index contributed by atoms with van der Waals surface area (Å²) < 4.78 is 24.9. The molecule has 2 amide bonds. The molecular weight excluding hydrogens is 311 g/mol. The molecule has 6 heteroatoms. The fourth-order valence-corrected chi connectivity index (χ4v) is 3.09. The lowest BCUT2D eigenvalue weighted by Crippen LogP contribution is -2.29. The number of rotatable bonds is 3. The molecular formula is C18H17FN2O3. The lowest BCUT2D eigenvalue weighted by Gasteiger charge is -2.14. The molecule has 0 saturated heterocycles. The predicted octanol–water partition coefficient (Wildman–Crippen LogP) is 3.02. The third-order valence-corrected chi connectivity index (χ3v) is 4.29. The van der Waals surface area contributed by atoms with Gasteiger partial charge in [-0.25, -0.2) is 9.18 Å². The van der Waals surface area contributed by atoms with Gasteiger partial charge in [0.2, 0.25) is 0 Å². The number of benzene rings is 2. The molecule has 0 bridgehead atoms. The molecule has 0 atom stereocenters. The van der Waals surface area contributed by atoms with Gasteiger partial charge in [-0.3, -0.25) is 0 Å². The summed E-state index contributed by atoms with van der Waals surface area (Å²) in [7, 11) is 0. The number of hydrogen-bond donors (Lipinski definition) is 2. The Kier molecular flexibility index (Phi) is 3.72. The van der Waals surface area contributed by atoms with Crippen LogP contribution in [0.4, 0.5) is 14.9 Å². The minimum absolute atomic E-state index is 0.118. The van der Waals surface area contributed by atoms with Crippen molar-refractivity contribution in [1.29, 1.82) is 0 Å². The van der Waals surface area contributed by atoms with E-state index in [0.717, 1.165) is 35.5 Å². The van der Waals surface area contributed by atoms with Crippen LogP contribution in [0, 0.1) is 5.82 Å². The zero-order chi connectivity index (χ0) is 16.5. The molecule has 2 aromatic carbocycles. The summed E-state index contributed by atoms with van der Waals surface area (Å²) in [6, 6.07) is 7.97. The molecule has 4 rings (SSSR count). The van der Waals surface area contributed by atoms with Gasteiger partial charge in [-0.1, -0.05) is 18.2 Å². The van der Waals surface area contributed by atoms with Gasteiger partial charge in [0, 0.05) is 36.1 Å². The molecule has 0 aliphatic carbocycles. The van der Waals surface area contributed by atoms with E-state index in [0.29, 0.717) is 24.5 Å². The summed E-state index contributed by atoms with van der Waals surface area (Å²) in [5.41, 5.74) is 3.11. The van der Waals surface area contributed by atoms with Crippen LogP contribution in [0.2, 0.25) is 0 Å². The van der Waals surface area contributed by atoms with Gasteiger partial charge in [0.1, 0.15) is 17.3 Å². The Morgan fingerprint density at radius 3 is 2.88 bits per heavy atom. The minimum Gasteiger partial charge on any atom is -0.493 e. The van der Waals surface area contributed by atoms with Crippen molar-refractivity contribution in [1.82, 2.24) is 5.32 Å². The predicted molar refractivity (Wildman–Crippen MR) is 87.1 cm³/mol. The Balaban J connectivity index is 1.51. The molecule has 2 heterocycles. The van der Waals surface area contributed by atoms with E-state index in [1.54, 1.807) is 18.2 Å². The van der Waals surface area contributed by atoms with Gasteiger partial charge < -0.3 is 20.1 Å². The molecule has 2 aliphatic heterocycles. The van der Waals surface area contributed by atoms with Gasteiger partial charge >= 0.3 is 6.03 Å². The van der Waals surface area contributed by atoms with Crippen molar-refractivity contribution >= 4 is 11.7 Å². The normalized spacial score (nSPS) is 14.4. The topological polar surface area (TPSA) is 59.6 Å². The maximum atomic E-state index is 13.6. The zero-order valence-electron chi connectivity index (χ0n) is 13.0. The van der Waals surface area contributed by atoms with Crippen molar-refractivity contribution < 1.29 is 18.7 Å². The van der Waals surface area contributed by atoms with Crippen molar-refractivity contribution in [3.8, 4) is 11.5 Å². The number of urea groups is 1. The van der Waals surface area contributed by atoms with Crippen LogP contribution in [0.25, 0.3) is 0 Å². The number of ether oxygens (including phenoxy) is 2. The largest absolute Gasteiger partial charge is 0.493 e. The molecule has 0 unspecified atom stereocenters. The Morgan fingerprint density at radius 1 is 1.17 bits per heavy atom. The number of anilines is 1. The van der Waals surface area contributed by atoms with E-state index in [1.807, 2.05) is 6.07 Å². The summed E-state index contributed by atoms with van der Waals surface area (Å²) in [4.78, 5) is 12.3. The van der Waals surface area contributed by atoms with E-state index in [9.17, 15) is 9.18 Å². The lowest BCUT2D eigenvalue weighted by molar-refractivity contribution is 0.251. The maximum absolute atomic E-state index is 13.6. The highest BCUT2D eigenvalue weighted by molar-refractivity contribution is 5.93. The second-order valence-electron chi connectivity index (χ2n) is 5.81. The first kappa shape index (κ1) is 14.8. The molecule has 0 spiro atoms. The van der Waals surface area contributed by atoms with E-state index in [-0.39, 0.29) is 12.4 Å². The highest BCUT2D eigenvalue weighted by Gasteiger charge is 2.27. The van der Waals surface area contributed by atoms with Crippen LogP contribution in [-0.2, 0) is 19.4 Å². The molecule has 0 saturated carbocycles. The number of amides is 2. The summed E-state index contributed by atoms with van der Waals surface area (Å²) in [6.07, 6.45) is 1.53. The van der Waals surface area contributed by atoms with Crippen molar-refractivity contribution in [2.24, 2.45) is 0 Å². The van der Waals surface area contributed by atoms with E-state index in [4.69, 9.17) is 9.47 Å². The van der Waals surface area contributed by atoms with Crippen molar-refractivity contribution in [3.63, 3.8) is 0 Å². The van der Waals surface area contributed by atoms with E-state index in [1.165, 1.54) is 6.07 Å². The zero-order valence-corrected chi connectivity index (χ0v) is 13.0. The van der Waals surface area contributed by atoms with Gasteiger partial charge in [-0.2, -0.15) is 0 Å². The van der Waals surface area contributed by atoms with Crippen molar-refractivity contribution in [2.75, 3.05) is 18.5 Å². The molecule has 0 aromatic heterocycles. The standard InChI is InChI=1S/C18H17FN2O3/c19-14-4-2-1-3-12(14)10-20-18(22)21-16-13-6-8-23-15(13)9-11-5-7-24-17(11)16/h1-4,9H,5-8,10H2,(H2,20,21,22). The fraction of sp³-hybridized carbons (Fsp3) is 0.278. The summed E-state index contributed by atoms with van der Waals surface area (Å²) in [6.45, 7) is 1.32. The van der Waals surface area contributed by atoms with E-state index < -0.39 is 6.03 Å². The van der Waals surface area contributed by atoms with Crippen LogP contribution >= 0.6 is 0 Å². The smallest absolute Gasteiger partial charge is 0.319 e. The van der Waals surface area contributed by atoms with E-state index >= 15 is 0 Å². The van der Waals surface area contributed by atoms with Crippen LogP contribution in [0.15, 0.2) is 30.3 Å². The summed E-state index contributed by atoms with van der Waals surface area (Å²) in [5.74, 6) is 1.19. The summed E-state index contributed by atoms with van der Waals surface area (Å²) in [5, 5.41) is 5.54. The number of fused-ring (bicyclic) bond motifs is 2. The monoisotopic (exact) mass is 328 g/mol. The summed E-state index contributed by atoms with van der Waals surface area (Å²) >= 11 is 0. The second kappa shape index (κ2) is 6.03. The molecule has 2 N–H and O–H groups in total. The van der Waals surface area contributed by atoms with Gasteiger partial charge in [0.05, 0.1) is 18.9 Å². The van der Waals surface area contributed by atoms with E-state index in [2.05, 4.69) is 10.6 Å². The molecule has 0 fully saturated rings. The first-order valence-electron chi connectivity index (χ1n) is 7.95. The Labute approximate surface area is 138 Å². The van der Waals surface area contributed by atoms with Gasteiger partial charge in [-0.05, 0) is 12.1 Å². The molecule has 2 aliphatic rings. The van der Waals surface area contributed by atoms with Crippen LogP contribution in [0.5, 0.6) is 11.5 Å². The SMILES string of the molecule is O=C(NCc1ccccc1F)Nc1c2c(cc3c1OCC3)OCC2. The second-order valence-corrected chi connectivity index (χ2v) is 5.81. The van der Waals surface area contributed by atoms with Crippen molar-refractivity contribution in [3.05, 3.63) is 52.8 Å². The third-order valence-electron chi connectivity index (χ3n) is 4.29. The molecule has 0 radical (unpaired) electrons. The first-order valence-corrected chi connectivity index (χ1v) is 7.95. The Morgan fingerprint density at radius 2 is 2.00 bits per heavy atom. The van der Waals surface area contributed by atoms with Gasteiger partial charge in [0.15, 0.2) is 0 Å². The van der Waals surface area contributed by atoms with Crippen LogP contribution in [-0.4, -0.2) is 19.2 Å². The lowest BCUT2D eigenvalue weighted by atomic mass is 10.0. The first-order chi connectivity index (χ1) is 11.7. The highest BCUT2D eigenvalue weighted by atomic mass is 19.1. The molecule has 5 nitrogen and oxygen atoms in total. The van der Waals surface area contributed by atoms with Gasteiger partial charge in [0.25, 0.3) is 0 Å². The van der Waals surface area contributed by atoms with Crippen LogP contribution in [0.1, 0.15) is 16.7 Å². The number of carbonyl (C=O) groups excluding carboxylic acids is 1. The number of hydrogen-bond acceptors (Lipinski definition) is 3. The average Bonchev–Trinajstić information content (AvgIpc) is 3.22. The third kappa shape index (κ3) is 2.64. The number of halogens is 1. The average molecular weight is 328 g/mol. The maximum Gasteiger partial charge on any atom is 0.319 e. The fourth-order valence-electron chi connectivity index (χ4n) is 3.09.